The molecule has 2 atom stereocenters. The Labute approximate surface area is 133 Å². The lowest BCUT2D eigenvalue weighted by Crippen LogP contribution is -2.48. The number of hydrogen-bond donors (Lipinski definition) is 0. The van der Waals surface area contributed by atoms with E-state index in [1.54, 1.807) is 18.5 Å². The quantitative estimate of drug-likeness (QED) is 0.620. The van der Waals surface area contributed by atoms with Crippen molar-refractivity contribution in [1.82, 2.24) is 9.88 Å². The number of pyridine rings is 1. The molecule has 1 aromatic carbocycles. The van der Waals surface area contributed by atoms with Crippen LogP contribution < -0.4 is 4.90 Å². The SMILES string of the molecule is CN1CCOC2CN(c3ccc([N+](=O)[O-])c4cnccc34)CC21. The van der Waals surface area contributed by atoms with Crippen LogP contribution in [0.5, 0.6) is 0 Å². The first kappa shape index (κ1) is 14.3. The molecule has 7 nitrogen and oxygen atoms in total. The van der Waals surface area contributed by atoms with Crippen molar-refractivity contribution in [2.24, 2.45) is 0 Å². The van der Waals surface area contributed by atoms with Gasteiger partial charge >= 0.3 is 0 Å². The number of fused-ring (bicyclic) bond motifs is 2. The van der Waals surface area contributed by atoms with Crippen LogP contribution in [0.2, 0.25) is 0 Å². The Morgan fingerprint density at radius 2 is 2.17 bits per heavy atom. The third kappa shape index (κ3) is 2.32. The molecule has 0 spiro atoms. The van der Waals surface area contributed by atoms with Crippen LogP contribution in [0.3, 0.4) is 0 Å². The highest BCUT2D eigenvalue weighted by atomic mass is 16.6. The number of rotatable bonds is 2. The summed E-state index contributed by atoms with van der Waals surface area (Å²) in [4.78, 5) is 19.5. The number of nitro groups is 1. The molecule has 2 saturated heterocycles. The minimum absolute atomic E-state index is 0.0989. The minimum atomic E-state index is -0.353. The van der Waals surface area contributed by atoms with Crippen molar-refractivity contribution in [2.75, 3.05) is 38.2 Å². The topological polar surface area (TPSA) is 71.7 Å². The first-order valence-corrected chi connectivity index (χ1v) is 7.73. The highest BCUT2D eigenvalue weighted by Gasteiger charge is 2.39. The van der Waals surface area contributed by atoms with E-state index in [1.165, 1.54) is 0 Å². The van der Waals surface area contributed by atoms with Crippen molar-refractivity contribution >= 4 is 22.1 Å². The molecule has 4 rings (SSSR count). The lowest BCUT2D eigenvalue weighted by molar-refractivity contribution is -0.383. The van der Waals surface area contributed by atoms with E-state index in [9.17, 15) is 10.1 Å². The number of morpholine rings is 1. The second kappa shape index (κ2) is 5.43. The summed E-state index contributed by atoms with van der Waals surface area (Å²) in [6.45, 7) is 3.39. The Kier molecular flexibility index (Phi) is 3.39. The number of likely N-dealkylation sites (N-methyl/N-ethyl adjacent to an activating group) is 1. The molecule has 7 heteroatoms. The number of anilines is 1. The van der Waals surface area contributed by atoms with Gasteiger partial charge in [-0.3, -0.25) is 20.0 Å². The van der Waals surface area contributed by atoms with Crippen LogP contribution in [-0.4, -0.2) is 60.2 Å². The number of benzene rings is 1. The van der Waals surface area contributed by atoms with Gasteiger partial charge in [0, 0.05) is 49.2 Å². The zero-order valence-electron chi connectivity index (χ0n) is 12.9. The Bertz CT molecular complexity index is 766. The van der Waals surface area contributed by atoms with Gasteiger partial charge in [-0.2, -0.15) is 0 Å². The summed E-state index contributed by atoms with van der Waals surface area (Å²) in [5.41, 5.74) is 1.11. The summed E-state index contributed by atoms with van der Waals surface area (Å²) in [6.07, 6.45) is 3.45. The van der Waals surface area contributed by atoms with Gasteiger partial charge in [0.1, 0.15) is 0 Å². The van der Waals surface area contributed by atoms with Crippen molar-refractivity contribution in [3.05, 3.63) is 40.7 Å². The summed E-state index contributed by atoms with van der Waals surface area (Å²) in [5, 5.41) is 12.7. The zero-order valence-corrected chi connectivity index (χ0v) is 12.9. The Hall–Kier alpha value is -2.25. The fourth-order valence-electron chi connectivity index (χ4n) is 3.65. The number of non-ortho nitro benzene ring substituents is 1. The van der Waals surface area contributed by atoms with E-state index in [0.29, 0.717) is 11.4 Å². The van der Waals surface area contributed by atoms with Gasteiger partial charge in [-0.05, 0) is 19.2 Å². The highest BCUT2D eigenvalue weighted by Crippen LogP contribution is 2.35. The van der Waals surface area contributed by atoms with Gasteiger partial charge in [-0.15, -0.1) is 0 Å². The maximum Gasteiger partial charge on any atom is 0.278 e. The summed E-state index contributed by atoms with van der Waals surface area (Å²) < 4.78 is 5.89. The van der Waals surface area contributed by atoms with Gasteiger partial charge in [0.05, 0.1) is 29.1 Å². The molecule has 120 valence electrons. The van der Waals surface area contributed by atoms with Gasteiger partial charge in [0.2, 0.25) is 0 Å². The van der Waals surface area contributed by atoms with E-state index in [1.807, 2.05) is 12.1 Å². The molecule has 0 N–H and O–H groups in total. The molecule has 3 heterocycles. The van der Waals surface area contributed by atoms with E-state index in [0.717, 1.165) is 37.3 Å². The highest BCUT2D eigenvalue weighted by molar-refractivity contribution is 5.99. The standard InChI is InChI=1S/C16H18N4O3/c1-18-6-7-23-16-10-19(9-15(16)18)13-2-3-14(20(21)22)12-8-17-5-4-11(12)13/h2-5,8,15-16H,6-7,9-10H2,1H3. The number of hydrogen-bond acceptors (Lipinski definition) is 6. The summed E-state index contributed by atoms with van der Waals surface area (Å²) in [5.74, 6) is 0. The molecule has 0 bridgehead atoms. The zero-order chi connectivity index (χ0) is 16.0. The molecule has 1 aromatic heterocycles. The van der Waals surface area contributed by atoms with Crippen LogP contribution >= 0.6 is 0 Å². The molecule has 23 heavy (non-hydrogen) atoms. The number of nitrogens with zero attached hydrogens (tertiary/aromatic N) is 4. The maximum atomic E-state index is 11.2. The average Bonchev–Trinajstić information content (AvgIpc) is 2.99. The fourth-order valence-corrected chi connectivity index (χ4v) is 3.65. The predicted octanol–water partition coefficient (Wildman–Crippen LogP) is 1.66. The lowest BCUT2D eigenvalue weighted by Gasteiger charge is -2.33. The lowest BCUT2D eigenvalue weighted by atomic mass is 10.1. The molecule has 0 saturated carbocycles. The number of nitro benzene ring substituents is 1. The van der Waals surface area contributed by atoms with E-state index in [-0.39, 0.29) is 16.7 Å². The Morgan fingerprint density at radius 1 is 1.30 bits per heavy atom. The van der Waals surface area contributed by atoms with Crippen LogP contribution in [-0.2, 0) is 4.74 Å². The summed E-state index contributed by atoms with van der Waals surface area (Å²) in [6, 6.07) is 5.64. The fraction of sp³-hybridized carbons (Fsp3) is 0.438. The summed E-state index contributed by atoms with van der Waals surface area (Å²) >= 11 is 0. The van der Waals surface area contributed by atoms with Crippen LogP contribution in [0.1, 0.15) is 0 Å². The first-order chi connectivity index (χ1) is 11.1. The summed E-state index contributed by atoms with van der Waals surface area (Å²) in [7, 11) is 2.13. The van der Waals surface area contributed by atoms with E-state index in [4.69, 9.17) is 4.74 Å². The molecule has 0 radical (unpaired) electrons. The molecule has 2 fully saturated rings. The molecule has 2 aliphatic heterocycles. The van der Waals surface area contributed by atoms with Crippen molar-refractivity contribution in [3.8, 4) is 0 Å². The van der Waals surface area contributed by atoms with Gasteiger partial charge in [-0.1, -0.05) is 0 Å². The second-order valence-corrected chi connectivity index (χ2v) is 6.14. The molecular weight excluding hydrogens is 296 g/mol. The smallest absolute Gasteiger partial charge is 0.278 e. The largest absolute Gasteiger partial charge is 0.373 e. The average molecular weight is 314 g/mol. The van der Waals surface area contributed by atoms with E-state index < -0.39 is 0 Å². The third-order valence-corrected chi connectivity index (χ3v) is 4.89. The van der Waals surface area contributed by atoms with Gasteiger partial charge < -0.3 is 9.64 Å². The maximum absolute atomic E-state index is 11.2. The molecule has 2 aliphatic rings. The normalized spacial score (nSPS) is 24.8. The molecule has 2 unspecified atom stereocenters. The Balaban J connectivity index is 1.75. The van der Waals surface area contributed by atoms with Crippen molar-refractivity contribution < 1.29 is 9.66 Å². The monoisotopic (exact) mass is 314 g/mol. The molecular formula is C16H18N4O3. The molecule has 0 amide bonds. The number of aromatic nitrogens is 1. The van der Waals surface area contributed by atoms with E-state index in [2.05, 4.69) is 21.8 Å². The third-order valence-electron chi connectivity index (χ3n) is 4.89. The van der Waals surface area contributed by atoms with Gasteiger partial charge in [-0.25, -0.2) is 0 Å². The van der Waals surface area contributed by atoms with Crippen LogP contribution in [0.15, 0.2) is 30.6 Å². The van der Waals surface area contributed by atoms with Crippen LogP contribution in [0.4, 0.5) is 11.4 Å². The van der Waals surface area contributed by atoms with Gasteiger partial charge in [0.15, 0.2) is 0 Å². The van der Waals surface area contributed by atoms with Crippen molar-refractivity contribution in [3.63, 3.8) is 0 Å². The second-order valence-electron chi connectivity index (χ2n) is 6.14. The van der Waals surface area contributed by atoms with E-state index >= 15 is 0 Å². The molecule has 0 aliphatic carbocycles. The van der Waals surface area contributed by atoms with Crippen LogP contribution in [0.25, 0.3) is 10.8 Å². The Morgan fingerprint density at radius 3 is 2.96 bits per heavy atom. The predicted molar refractivity (Wildman–Crippen MR) is 86.8 cm³/mol. The van der Waals surface area contributed by atoms with Crippen molar-refractivity contribution in [1.29, 1.82) is 0 Å². The van der Waals surface area contributed by atoms with Crippen molar-refractivity contribution in [2.45, 2.75) is 12.1 Å². The first-order valence-electron chi connectivity index (χ1n) is 7.73. The minimum Gasteiger partial charge on any atom is -0.373 e. The number of ether oxygens (including phenoxy) is 1. The molecule has 2 aromatic rings. The van der Waals surface area contributed by atoms with Gasteiger partial charge in [0.25, 0.3) is 5.69 Å². The van der Waals surface area contributed by atoms with Crippen LogP contribution in [0, 0.1) is 10.1 Å².